The second kappa shape index (κ2) is 3.63. The number of ether oxygens (including phenoxy) is 1. The number of hydrogen-bond donors (Lipinski definition) is 1. The van der Waals surface area contributed by atoms with E-state index in [1.807, 2.05) is 47.6 Å². The van der Waals surface area contributed by atoms with Gasteiger partial charge in [-0.15, -0.1) is 5.53 Å². The Bertz CT molecular complexity index is 435. The van der Waals surface area contributed by atoms with Gasteiger partial charge < -0.3 is 4.74 Å². The fraction of sp³-hybridized carbons (Fsp3) is 0.417. The Balaban J connectivity index is 1.79. The lowest BCUT2D eigenvalue weighted by atomic mass is 10.2. The van der Waals surface area contributed by atoms with Crippen molar-refractivity contribution in [1.82, 2.24) is 15.6 Å². The quantitative estimate of drug-likeness (QED) is 0.738. The lowest BCUT2D eigenvalue weighted by molar-refractivity contribution is -0.152. The van der Waals surface area contributed by atoms with E-state index in [9.17, 15) is 4.79 Å². The number of carbonyl (C=O) groups is 1. The minimum atomic E-state index is -0.498. The molecule has 2 heterocycles. The van der Waals surface area contributed by atoms with Crippen LogP contribution in [-0.2, 0) is 9.53 Å². The predicted octanol–water partition coefficient (Wildman–Crippen LogP) is 1.04. The molecule has 17 heavy (non-hydrogen) atoms. The molecule has 0 bridgehead atoms. The fourth-order valence-corrected chi connectivity index (χ4v) is 2.08. The normalized spacial score (nSPS) is 23.5. The van der Waals surface area contributed by atoms with Crippen LogP contribution >= 0.6 is 0 Å². The molecule has 0 amide bonds. The molecule has 3 aliphatic rings. The minimum Gasteiger partial charge on any atom is -0.464 e. The maximum atomic E-state index is 11.9. The first-order valence-corrected chi connectivity index (χ1v) is 5.85. The van der Waals surface area contributed by atoms with Crippen molar-refractivity contribution in [1.29, 1.82) is 0 Å². The van der Waals surface area contributed by atoms with Gasteiger partial charge in [0.1, 0.15) is 0 Å². The second-order valence-corrected chi connectivity index (χ2v) is 4.35. The maximum absolute atomic E-state index is 11.9. The minimum absolute atomic E-state index is 0.142. The van der Waals surface area contributed by atoms with Crippen molar-refractivity contribution < 1.29 is 9.53 Å². The smallest absolute Gasteiger partial charge is 0.333 e. The van der Waals surface area contributed by atoms with Gasteiger partial charge in [0.2, 0.25) is 0 Å². The van der Waals surface area contributed by atoms with E-state index >= 15 is 0 Å². The van der Waals surface area contributed by atoms with E-state index in [-0.39, 0.29) is 5.97 Å². The first kappa shape index (κ1) is 10.4. The monoisotopic (exact) mass is 233 g/mol. The van der Waals surface area contributed by atoms with Gasteiger partial charge in [-0.05, 0) is 31.9 Å². The Labute approximate surface area is 100.0 Å². The number of rotatable bonds is 3. The molecule has 0 radical (unpaired) electrons. The number of esters is 1. The zero-order valence-corrected chi connectivity index (χ0v) is 9.72. The summed E-state index contributed by atoms with van der Waals surface area (Å²) < 4.78 is 5.13. The number of hydrazine groups is 2. The third kappa shape index (κ3) is 1.54. The van der Waals surface area contributed by atoms with E-state index in [1.165, 1.54) is 0 Å². The third-order valence-electron chi connectivity index (χ3n) is 3.21. The van der Waals surface area contributed by atoms with Crippen molar-refractivity contribution in [2.75, 3.05) is 6.61 Å². The summed E-state index contributed by atoms with van der Waals surface area (Å²) in [5, 5.41) is 3.75. The van der Waals surface area contributed by atoms with E-state index in [2.05, 4.69) is 5.53 Å². The molecule has 1 fully saturated rings. The molecule has 90 valence electrons. The van der Waals surface area contributed by atoms with Gasteiger partial charge in [-0.2, -0.15) is 0 Å². The van der Waals surface area contributed by atoms with Crippen LogP contribution in [0, 0.1) is 0 Å². The van der Waals surface area contributed by atoms with Crippen LogP contribution in [0.15, 0.2) is 36.3 Å². The molecule has 0 aromatic carbocycles. The number of nitrogens with zero attached hydrogens (tertiary/aromatic N) is 2. The van der Waals surface area contributed by atoms with E-state index in [4.69, 9.17) is 4.74 Å². The van der Waals surface area contributed by atoms with E-state index < -0.39 is 5.54 Å². The number of allylic oxidation sites excluding steroid dienone is 3. The molecule has 1 aliphatic carbocycles. The van der Waals surface area contributed by atoms with Gasteiger partial charge in [0.05, 0.1) is 12.3 Å². The molecule has 2 aliphatic heterocycles. The Morgan fingerprint density at radius 3 is 3.00 bits per heavy atom. The zero-order valence-electron chi connectivity index (χ0n) is 9.72. The highest BCUT2D eigenvalue weighted by molar-refractivity contribution is 5.84. The summed E-state index contributed by atoms with van der Waals surface area (Å²) in [7, 11) is 0. The number of fused-ring (bicyclic) bond motifs is 1. The first-order valence-electron chi connectivity index (χ1n) is 5.85. The van der Waals surface area contributed by atoms with E-state index in [0.29, 0.717) is 6.61 Å². The van der Waals surface area contributed by atoms with E-state index in [1.54, 1.807) is 0 Å². The van der Waals surface area contributed by atoms with Crippen LogP contribution in [0.25, 0.3) is 0 Å². The Morgan fingerprint density at radius 2 is 2.35 bits per heavy atom. The van der Waals surface area contributed by atoms with Crippen LogP contribution in [0.3, 0.4) is 0 Å². The van der Waals surface area contributed by atoms with Gasteiger partial charge in [-0.1, -0.05) is 6.08 Å². The highest BCUT2D eigenvalue weighted by Crippen LogP contribution is 2.44. The molecule has 0 saturated heterocycles. The summed E-state index contributed by atoms with van der Waals surface area (Å²) in [6, 6.07) is 0. The topological polar surface area (TPSA) is 44.8 Å². The molecular weight excluding hydrogens is 218 g/mol. The van der Waals surface area contributed by atoms with Crippen LogP contribution < -0.4 is 5.53 Å². The summed E-state index contributed by atoms with van der Waals surface area (Å²) in [5.74, 6) is -0.142. The molecule has 0 aromatic heterocycles. The average Bonchev–Trinajstić information content (AvgIpc) is 3.03. The molecule has 3 rings (SSSR count). The maximum Gasteiger partial charge on any atom is 0.333 e. The predicted molar refractivity (Wildman–Crippen MR) is 61.8 cm³/mol. The number of carbonyl (C=O) groups excluding carboxylic acids is 1. The van der Waals surface area contributed by atoms with Gasteiger partial charge in [-0.25, -0.2) is 4.79 Å². The summed E-state index contributed by atoms with van der Waals surface area (Å²) in [6.07, 6.45) is 11.5. The molecule has 1 N–H and O–H groups in total. The van der Waals surface area contributed by atoms with Crippen molar-refractivity contribution >= 4 is 5.97 Å². The highest BCUT2D eigenvalue weighted by atomic mass is 16.5. The van der Waals surface area contributed by atoms with Crippen molar-refractivity contribution in [3.63, 3.8) is 0 Å². The number of hydrogen-bond acceptors (Lipinski definition) is 5. The molecule has 0 spiro atoms. The van der Waals surface area contributed by atoms with Gasteiger partial charge in [0, 0.05) is 12.4 Å². The van der Waals surface area contributed by atoms with E-state index in [0.717, 1.165) is 18.5 Å². The number of nitrogens with one attached hydrogen (secondary N) is 1. The standard InChI is InChI=1S/C12H15N3O2/c1-2-17-11(16)12(6-7-12)15-9-10-5-3-4-8-14(10)13-15/h3-5,8-9,13H,2,6-7H2,1H3. The van der Waals surface area contributed by atoms with Crippen LogP contribution in [0.4, 0.5) is 0 Å². The molecular formula is C12H15N3O2. The Hall–Kier alpha value is -1.75. The first-order chi connectivity index (χ1) is 8.26. The van der Waals surface area contributed by atoms with Crippen LogP contribution in [0.1, 0.15) is 19.8 Å². The van der Waals surface area contributed by atoms with Gasteiger partial charge in [0.25, 0.3) is 0 Å². The van der Waals surface area contributed by atoms with Crippen LogP contribution in [0.2, 0.25) is 0 Å². The zero-order chi connectivity index (χ0) is 11.9. The summed E-state index contributed by atoms with van der Waals surface area (Å²) in [4.78, 5) is 11.9. The average molecular weight is 233 g/mol. The molecule has 5 heteroatoms. The van der Waals surface area contributed by atoms with Crippen molar-refractivity contribution in [2.24, 2.45) is 0 Å². The van der Waals surface area contributed by atoms with Crippen molar-refractivity contribution in [3.05, 3.63) is 36.3 Å². The fourth-order valence-electron chi connectivity index (χ4n) is 2.08. The molecule has 0 aromatic rings. The molecule has 5 nitrogen and oxygen atoms in total. The Morgan fingerprint density at radius 1 is 1.53 bits per heavy atom. The highest BCUT2D eigenvalue weighted by Gasteiger charge is 2.57. The molecule has 0 unspecified atom stereocenters. The largest absolute Gasteiger partial charge is 0.464 e. The lowest BCUT2D eigenvalue weighted by Crippen LogP contribution is -2.49. The van der Waals surface area contributed by atoms with Crippen LogP contribution in [0.5, 0.6) is 0 Å². The second-order valence-electron chi connectivity index (χ2n) is 4.35. The van der Waals surface area contributed by atoms with Gasteiger partial charge in [-0.3, -0.25) is 10.0 Å². The van der Waals surface area contributed by atoms with Crippen molar-refractivity contribution in [2.45, 2.75) is 25.3 Å². The SMILES string of the molecule is CCOC(=O)C1(N2C=C3C=CC=CN3N2)CC1. The van der Waals surface area contributed by atoms with Crippen molar-refractivity contribution in [3.8, 4) is 0 Å². The van der Waals surface area contributed by atoms with Crippen LogP contribution in [-0.4, -0.2) is 28.1 Å². The molecule has 0 atom stereocenters. The Kier molecular flexibility index (Phi) is 2.22. The summed E-state index contributed by atoms with van der Waals surface area (Å²) in [6.45, 7) is 2.26. The lowest BCUT2D eigenvalue weighted by Gasteiger charge is -2.27. The summed E-state index contributed by atoms with van der Waals surface area (Å²) >= 11 is 0. The molecule has 1 saturated carbocycles. The van der Waals surface area contributed by atoms with Gasteiger partial charge >= 0.3 is 5.97 Å². The summed E-state index contributed by atoms with van der Waals surface area (Å²) in [5.41, 5.74) is 3.70. The third-order valence-corrected chi connectivity index (χ3v) is 3.21. The van der Waals surface area contributed by atoms with Gasteiger partial charge in [0.15, 0.2) is 5.54 Å².